The van der Waals surface area contributed by atoms with Crippen LogP contribution in [0.4, 0.5) is 11.4 Å². The zero-order valence-corrected chi connectivity index (χ0v) is 15.6. The molecule has 2 heterocycles. The van der Waals surface area contributed by atoms with Crippen molar-refractivity contribution in [3.05, 3.63) is 60.9 Å². The number of carbonyl (C=O) groups excluding carboxylic acids is 1. The summed E-state index contributed by atoms with van der Waals surface area (Å²) in [5.74, 6) is 0.435. The number of hydrogen-bond donors (Lipinski definition) is 0. The predicted octanol–water partition coefficient (Wildman–Crippen LogP) is 2.91. The van der Waals surface area contributed by atoms with Gasteiger partial charge in [-0.05, 0) is 49.4 Å². The van der Waals surface area contributed by atoms with Gasteiger partial charge in [0, 0.05) is 56.0 Å². The maximum Gasteiger partial charge on any atom is 0.330 e. The topological polar surface area (TPSA) is 54.9 Å². The van der Waals surface area contributed by atoms with Crippen LogP contribution in [0, 0.1) is 0 Å². The summed E-state index contributed by atoms with van der Waals surface area (Å²) in [6.45, 7) is 6.42. The van der Waals surface area contributed by atoms with Crippen LogP contribution < -0.4 is 14.5 Å². The number of hydrogen-bond acceptors (Lipinski definition) is 6. The average molecular weight is 367 g/mol. The van der Waals surface area contributed by atoms with Gasteiger partial charge in [-0.2, -0.15) is 0 Å². The summed E-state index contributed by atoms with van der Waals surface area (Å²) >= 11 is 0. The van der Waals surface area contributed by atoms with E-state index >= 15 is 0 Å². The second kappa shape index (κ2) is 9.62. The van der Waals surface area contributed by atoms with Crippen molar-refractivity contribution < 1.29 is 14.3 Å². The molecular weight excluding hydrogens is 342 g/mol. The van der Waals surface area contributed by atoms with Crippen LogP contribution in [0.3, 0.4) is 0 Å². The van der Waals surface area contributed by atoms with Gasteiger partial charge in [-0.1, -0.05) is 0 Å². The zero-order valence-electron chi connectivity index (χ0n) is 15.6. The second-order valence-corrected chi connectivity index (χ2v) is 6.14. The Balaban J connectivity index is 1.46. The maximum atomic E-state index is 11.2. The lowest BCUT2D eigenvalue weighted by atomic mass is 10.2. The highest BCUT2D eigenvalue weighted by atomic mass is 16.5. The van der Waals surface area contributed by atoms with E-state index in [1.807, 2.05) is 24.5 Å². The number of esters is 1. The number of ether oxygens (including phenoxy) is 2. The molecule has 0 unspecified atom stereocenters. The number of piperazine rings is 1. The molecule has 1 aromatic carbocycles. The van der Waals surface area contributed by atoms with Crippen LogP contribution in [0.5, 0.6) is 5.75 Å². The van der Waals surface area contributed by atoms with E-state index in [-0.39, 0.29) is 5.97 Å². The van der Waals surface area contributed by atoms with Crippen LogP contribution in [0.1, 0.15) is 6.92 Å². The van der Waals surface area contributed by atoms with E-state index in [0.29, 0.717) is 13.2 Å². The van der Waals surface area contributed by atoms with E-state index in [2.05, 4.69) is 39.0 Å². The van der Waals surface area contributed by atoms with Gasteiger partial charge in [-0.25, -0.2) is 4.79 Å². The maximum absolute atomic E-state index is 11.2. The fourth-order valence-electron chi connectivity index (χ4n) is 3.01. The van der Waals surface area contributed by atoms with E-state index in [1.54, 1.807) is 13.0 Å². The van der Waals surface area contributed by atoms with Crippen LogP contribution in [-0.2, 0) is 9.53 Å². The molecule has 1 aromatic heterocycles. The average Bonchev–Trinajstić information content (AvgIpc) is 2.73. The molecule has 0 atom stereocenters. The largest absolute Gasteiger partial charge is 0.490 e. The molecule has 0 spiro atoms. The van der Waals surface area contributed by atoms with Gasteiger partial charge in [0.05, 0.1) is 6.61 Å². The van der Waals surface area contributed by atoms with Gasteiger partial charge in [0.15, 0.2) is 0 Å². The fraction of sp³-hybridized carbons (Fsp3) is 0.333. The van der Waals surface area contributed by atoms with Crippen molar-refractivity contribution in [3.8, 4) is 5.75 Å². The minimum Gasteiger partial charge on any atom is -0.490 e. The van der Waals surface area contributed by atoms with E-state index in [4.69, 9.17) is 9.47 Å². The van der Waals surface area contributed by atoms with Crippen LogP contribution >= 0.6 is 0 Å². The standard InChI is InChI=1S/C21H25N3O3/c1-2-26-21(25)4-3-17-27-20-7-5-18(6-8-20)23-13-15-24(16-14-23)19-9-11-22-12-10-19/h3-12H,2,13-17H2,1H3. The predicted molar refractivity (Wildman–Crippen MR) is 106 cm³/mol. The zero-order chi connectivity index (χ0) is 18.9. The van der Waals surface area contributed by atoms with Crippen molar-refractivity contribution in [1.29, 1.82) is 0 Å². The Hall–Kier alpha value is -3.02. The van der Waals surface area contributed by atoms with Crippen molar-refractivity contribution in [1.82, 2.24) is 4.98 Å². The Labute approximate surface area is 160 Å². The first-order chi connectivity index (χ1) is 13.3. The Morgan fingerprint density at radius 2 is 1.59 bits per heavy atom. The monoisotopic (exact) mass is 367 g/mol. The molecule has 1 fully saturated rings. The van der Waals surface area contributed by atoms with E-state index in [0.717, 1.165) is 31.9 Å². The summed E-state index contributed by atoms with van der Waals surface area (Å²) in [7, 11) is 0. The van der Waals surface area contributed by atoms with Gasteiger partial charge in [0.1, 0.15) is 12.4 Å². The molecule has 3 rings (SSSR count). The fourth-order valence-corrected chi connectivity index (χ4v) is 3.01. The lowest BCUT2D eigenvalue weighted by Gasteiger charge is -2.37. The molecule has 0 saturated carbocycles. The second-order valence-electron chi connectivity index (χ2n) is 6.14. The lowest BCUT2D eigenvalue weighted by Crippen LogP contribution is -2.46. The molecule has 2 aromatic rings. The molecule has 0 N–H and O–H groups in total. The van der Waals surface area contributed by atoms with Crippen molar-refractivity contribution in [2.45, 2.75) is 6.92 Å². The van der Waals surface area contributed by atoms with Gasteiger partial charge < -0.3 is 19.3 Å². The minimum absolute atomic E-state index is 0.336. The quantitative estimate of drug-likeness (QED) is 0.554. The Morgan fingerprint density at radius 1 is 1.00 bits per heavy atom. The van der Waals surface area contributed by atoms with E-state index in [9.17, 15) is 4.79 Å². The van der Waals surface area contributed by atoms with Gasteiger partial charge in [0.2, 0.25) is 0 Å². The molecule has 0 radical (unpaired) electrons. The number of anilines is 2. The summed E-state index contributed by atoms with van der Waals surface area (Å²) in [6, 6.07) is 12.2. The van der Waals surface area contributed by atoms with Gasteiger partial charge in [-0.15, -0.1) is 0 Å². The normalized spacial score (nSPS) is 14.4. The molecule has 1 aliphatic rings. The Bertz CT molecular complexity index is 739. The summed E-state index contributed by atoms with van der Waals surface area (Å²) in [5.41, 5.74) is 2.42. The third-order valence-corrected chi connectivity index (χ3v) is 4.40. The molecule has 142 valence electrons. The molecule has 6 heteroatoms. The number of aromatic nitrogens is 1. The van der Waals surface area contributed by atoms with Crippen molar-refractivity contribution in [3.63, 3.8) is 0 Å². The smallest absolute Gasteiger partial charge is 0.330 e. The number of benzene rings is 1. The molecule has 6 nitrogen and oxygen atoms in total. The van der Waals surface area contributed by atoms with Crippen LogP contribution in [0.25, 0.3) is 0 Å². The third-order valence-electron chi connectivity index (χ3n) is 4.40. The first kappa shape index (κ1) is 18.8. The molecule has 1 saturated heterocycles. The summed E-state index contributed by atoms with van der Waals surface area (Å²) in [5, 5.41) is 0. The molecule has 27 heavy (non-hydrogen) atoms. The van der Waals surface area contributed by atoms with Crippen LogP contribution in [-0.4, -0.2) is 50.3 Å². The third kappa shape index (κ3) is 5.48. The summed E-state index contributed by atoms with van der Waals surface area (Å²) < 4.78 is 10.4. The molecular formula is C21H25N3O3. The first-order valence-corrected chi connectivity index (χ1v) is 9.22. The number of rotatable bonds is 7. The highest BCUT2D eigenvalue weighted by molar-refractivity contribution is 5.81. The Kier molecular flexibility index (Phi) is 6.68. The number of carbonyl (C=O) groups is 1. The lowest BCUT2D eigenvalue weighted by molar-refractivity contribution is -0.137. The van der Waals surface area contributed by atoms with Crippen LogP contribution in [0.2, 0.25) is 0 Å². The summed E-state index contributed by atoms with van der Waals surface area (Å²) in [4.78, 5) is 20.0. The molecule has 0 bridgehead atoms. The van der Waals surface area contributed by atoms with Gasteiger partial charge in [0.25, 0.3) is 0 Å². The van der Waals surface area contributed by atoms with Crippen LogP contribution in [0.15, 0.2) is 60.9 Å². The highest BCUT2D eigenvalue weighted by Gasteiger charge is 2.17. The number of pyridine rings is 1. The summed E-state index contributed by atoms with van der Waals surface area (Å²) in [6.07, 6.45) is 6.72. The molecule has 0 amide bonds. The van der Waals surface area contributed by atoms with E-state index < -0.39 is 0 Å². The SMILES string of the molecule is CCOC(=O)C=CCOc1ccc(N2CCN(c3ccncc3)CC2)cc1. The van der Waals surface area contributed by atoms with Crippen molar-refractivity contribution in [2.24, 2.45) is 0 Å². The molecule has 0 aliphatic carbocycles. The van der Waals surface area contributed by atoms with Gasteiger partial charge in [-0.3, -0.25) is 4.98 Å². The van der Waals surface area contributed by atoms with Crippen molar-refractivity contribution >= 4 is 17.3 Å². The minimum atomic E-state index is -0.345. The molecule has 1 aliphatic heterocycles. The highest BCUT2D eigenvalue weighted by Crippen LogP contribution is 2.22. The van der Waals surface area contributed by atoms with Crippen molar-refractivity contribution in [2.75, 3.05) is 49.2 Å². The first-order valence-electron chi connectivity index (χ1n) is 9.22. The Morgan fingerprint density at radius 3 is 2.19 bits per heavy atom. The van der Waals surface area contributed by atoms with Gasteiger partial charge >= 0.3 is 5.97 Å². The number of nitrogens with zero attached hydrogens (tertiary/aromatic N) is 3. The van der Waals surface area contributed by atoms with E-state index in [1.165, 1.54) is 17.5 Å².